The van der Waals surface area contributed by atoms with Gasteiger partial charge in [-0.25, -0.2) is 4.79 Å². The molecule has 0 saturated heterocycles. The molecule has 9 nitrogen and oxygen atoms in total. The van der Waals surface area contributed by atoms with Crippen molar-refractivity contribution in [3.63, 3.8) is 0 Å². The summed E-state index contributed by atoms with van der Waals surface area (Å²) >= 11 is 0. The van der Waals surface area contributed by atoms with E-state index in [9.17, 15) is 19.2 Å². The number of hydrogen-bond donors (Lipinski definition) is 2. The van der Waals surface area contributed by atoms with Crippen molar-refractivity contribution in [2.45, 2.75) is 57.8 Å². The van der Waals surface area contributed by atoms with E-state index < -0.39 is 42.1 Å². The number of alkyl carbamates (subject to hydrolysis) is 1. The van der Waals surface area contributed by atoms with Crippen LogP contribution in [0.1, 0.15) is 56.2 Å². The molecule has 4 rings (SSSR count). The molecule has 0 bridgehead atoms. The fourth-order valence-corrected chi connectivity index (χ4v) is 4.78. The van der Waals surface area contributed by atoms with Gasteiger partial charge >= 0.3 is 18.0 Å². The number of hydrogen-bond acceptors (Lipinski definition) is 7. The maximum Gasteiger partial charge on any atom is 0.407 e. The zero-order chi connectivity index (χ0) is 30.1. The summed E-state index contributed by atoms with van der Waals surface area (Å²) in [6, 6.07) is 24.0. The SMILES string of the molecule is CC(C)(C)OC(=O)CNC(=O)C(CCC(=O)OCc1ccccc1)NC(=O)OCC1c2ccccc2-c2ccccc21. The molecule has 3 aromatic rings. The summed E-state index contributed by atoms with van der Waals surface area (Å²) in [7, 11) is 0. The Morgan fingerprint density at radius 2 is 1.38 bits per heavy atom. The molecule has 3 aromatic carbocycles. The monoisotopic (exact) mass is 572 g/mol. The molecule has 9 heteroatoms. The average Bonchev–Trinajstić information content (AvgIpc) is 3.29. The Bertz CT molecular complexity index is 1370. The summed E-state index contributed by atoms with van der Waals surface area (Å²) in [6.07, 6.45) is -1.01. The maximum absolute atomic E-state index is 13.0. The van der Waals surface area contributed by atoms with Crippen LogP contribution in [0.5, 0.6) is 0 Å². The minimum absolute atomic E-state index is 0.0576. The smallest absolute Gasteiger partial charge is 0.407 e. The number of nitrogens with one attached hydrogen (secondary N) is 2. The average molecular weight is 573 g/mol. The zero-order valence-corrected chi connectivity index (χ0v) is 24.1. The van der Waals surface area contributed by atoms with Gasteiger partial charge in [-0.2, -0.15) is 0 Å². The van der Waals surface area contributed by atoms with Crippen molar-refractivity contribution >= 4 is 23.9 Å². The number of fused-ring (bicyclic) bond motifs is 3. The predicted octanol–water partition coefficient (Wildman–Crippen LogP) is 4.88. The van der Waals surface area contributed by atoms with E-state index in [0.29, 0.717) is 0 Å². The van der Waals surface area contributed by atoms with Gasteiger partial charge in [0.2, 0.25) is 5.91 Å². The molecule has 2 N–H and O–H groups in total. The van der Waals surface area contributed by atoms with E-state index in [1.54, 1.807) is 20.8 Å². The number of carbonyl (C=O) groups is 4. The normalized spacial score (nSPS) is 12.8. The largest absolute Gasteiger partial charge is 0.461 e. The molecule has 1 atom stereocenters. The van der Waals surface area contributed by atoms with Crippen LogP contribution in [0.2, 0.25) is 0 Å². The van der Waals surface area contributed by atoms with Gasteiger partial charge in [-0.1, -0.05) is 78.9 Å². The van der Waals surface area contributed by atoms with E-state index >= 15 is 0 Å². The van der Waals surface area contributed by atoms with Gasteiger partial charge in [0, 0.05) is 12.3 Å². The topological polar surface area (TPSA) is 120 Å². The van der Waals surface area contributed by atoms with Crippen LogP contribution in [-0.4, -0.2) is 48.7 Å². The number of amides is 2. The lowest BCUT2D eigenvalue weighted by Crippen LogP contribution is -2.48. The zero-order valence-electron chi connectivity index (χ0n) is 24.1. The van der Waals surface area contributed by atoms with Crippen molar-refractivity contribution in [1.82, 2.24) is 10.6 Å². The molecular formula is C33H36N2O7. The Morgan fingerprint density at radius 1 is 0.786 bits per heavy atom. The van der Waals surface area contributed by atoms with Crippen LogP contribution in [0.15, 0.2) is 78.9 Å². The van der Waals surface area contributed by atoms with E-state index in [2.05, 4.69) is 10.6 Å². The van der Waals surface area contributed by atoms with Gasteiger partial charge in [0.25, 0.3) is 0 Å². The molecular weight excluding hydrogens is 536 g/mol. The second-order valence-corrected chi connectivity index (χ2v) is 11.0. The summed E-state index contributed by atoms with van der Waals surface area (Å²) in [5.74, 6) is -1.96. The van der Waals surface area contributed by atoms with Crippen molar-refractivity contribution in [2.75, 3.05) is 13.2 Å². The molecule has 0 aliphatic heterocycles. The molecule has 1 aliphatic carbocycles. The number of esters is 2. The highest BCUT2D eigenvalue weighted by Crippen LogP contribution is 2.44. The molecule has 0 radical (unpaired) electrons. The van der Waals surface area contributed by atoms with Gasteiger partial charge < -0.3 is 24.8 Å². The molecule has 0 spiro atoms. The van der Waals surface area contributed by atoms with Gasteiger partial charge in [-0.05, 0) is 55.0 Å². The molecule has 1 aliphatic rings. The Labute approximate surface area is 245 Å². The van der Waals surface area contributed by atoms with Gasteiger partial charge in [0.05, 0.1) is 0 Å². The molecule has 1 unspecified atom stereocenters. The number of ether oxygens (including phenoxy) is 3. The predicted molar refractivity (Wildman–Crippen MR) is 156 cm³/mol. The second-order valence-electron chi connectivity index (χ2n) is 11.0. The van der Waals surface area contributed by atoms with Crippen molar-refractivity contribution in [2.24, 2.45) is 0 Å². The first-order valence-corrected chi connectivity index (χ1v) is 13.9. The van der Waals surface area contributed by atoms with Gasteiger partial charge in [0.1, 0.15) is 31.4 Å². The Hall–Kier alpha value is -4.66. The molecule has 0 saturated carbocycles. The third-order valence-electron chi connectivity index (χ3n) is 6.66. The van der Waals surface area contributed by atoms with E-state index in [4.69, 9.17) is 14.2 Å². The third-order valence-corrected chi connectivity index (χ3v) is 6.66. The molecule has 0 fully saturated rings. The van der Waals surface area contributed by atoms with Gasteiger partial charge in [0.15, 0.2) is 0 Å². The molecule has 0 heterocycles. The first-order chi connectivity index (χ1) is 20.1. The Balaban J connectivity index is 1.36. The highest BCUT2D eigenvalue weighted by atomic mass is 16.6. The summed E-state index contributed by atoms with van der Waals surface area (Å²) in [4.78, 5) is 50.4. The van der Waals surface area contributed by atoms with E-state index in [1.165, 1.54) is 0 Å². The first-order valence-electron chi connectivity index (χ1n) is 13.9. The van der Waals surface area contributed by atoms with Crippen LogP contribution in [0.25, 0.3) is 11.1 Å². The van der Waals surface area contributed by atoms with Crippen molar-refractivity contribution in [1.29, 1.82) is 0 Å². The lowest BCUT2D eigenvalue weighted by molar-refractivity contribution is -0.154. The van der Waals surface area contributed by atoms with Crippen LogP contribution in [0.4, 0.5) is 4.79 Å². The van der Waals surface area contributed by atoms with Crippen LogP contribution >= 0.6 is 0 Å². The number of benzene rings is 3. The van der Waals surface area contributed by atoms with Gasteiger partial charge in [-0.15, -0.1) is 0 Å². The minimum Gasteiger partial charge on any atom is -0.461 e. The van der Waals surface area contributed by atoms with E-state index in [0.717, 1.165) is 27.8 Å². The minimum atomic E-state index is -1.15. The Kier molecular flexibility index (Phi) is 9.96. The van der Waals surface area contributed by atoms with Crippen LogP contribution in [-0.2, 0) is 35.2 Å². The van der Waals surface area contributed by atoms with Crippen molar-refractivity contribution in [3.05, 3.63) is 95.6 Å². The summed E-state index contributed by atoms with van der Waals surface area (Å²) in [5, 5.41) is 5.04. The highest BCUT2D eigenvalue weighted by Gasteiger charge is 2.30. The van der Waals surface area contributed by atoms with Gasteiger partial charge in [-0.3, -0.25) is 14.4 Å². The van der Waals surface area contributed by atoms with Crippen LogP contribution < -0.4 is 10.6 Å². The second kappa shape index (κ2) is 13.8. The van der Waals surface area contributed by atoms with Crippen LogP contribution in [0, 0.1) is 0 Å². The lowest BCUT2D eigenvalue weighted by Gasteiger charge is -2.21. The van der Waals surface area contributed by atoms with E-state index in [-0.39, 0.29) is 32.0 Å². The fraction of sp³-hybridized carbons (Fsp3) is 0.333. The van der Waals surface area contributed by atoms with E-state index in [1.807, 2.05) is 78.9 Å². The highest BCUT2D eigenvalue weighted by molar-refractivity contribution is 5.89. The lowest BCUT2D eigenvalue weighted by atomic mass is 9.98. The molecule has 0 aromatic heterocycles. The fourth-order valence-electron chi connectivity index (χ4n) is 4.78. The van der Waals surface area contributed by atoms with Crippen molar-refractivity contribution in [3.8, 4) is 11.1 Å². The number of rotatable bonds is 11. The summed E-state index contributed by atoms with van der Waals surface area (Å²) < 4.78 is 16.1. The quantitative estimate of drug-likeness (QED) is 0.248. The maximum atomic E-state index is 13.0. The summed E-state index contributed by atoms with van der Waals surface area (Å²) in [6.45, 7) is 4.91. The molecule has 42 heavy (non-hydrogen) atoms. The third kappa shape index (κ3) is 8.42. The molecule has 2 amide bonds. The number of carbonyl (C=O) groups excluding carboxylic acids is 4. The molecule has 220 valence electrons. The van der Waals surface area contributed by atoms with Crippen molar-refractivity contribution < 1.29 is 33.4 Å². The first kappa shape index (κ1) is 30.3. The summed E-state index contributed by atoms with van der Waals surface area (Å²) in [5.41, 5.74) is 4.41. The van der Waals surface area contributed by atoms with Crippen LogP contribution in [0.3, 0.4) is 0 Å². The standard InChI is InChI=1S/C33H36N2O7/c1-33(2,3)42-30(37)19-34-31(38)28(17-18-29(36)40-20-22-11-5-4-6-12-22)35-32(39)41-21-27-25-15-9-7-13-23(25)24-14-8-10-16-26(24)27/h4-16,27-28H,17-21H2,1-3H3,(H,34,38)(H,35,39). The Morgan fingerprint density at radius 3 is 2.00 bits per heavy atom.